The zero-order valence-electron chi connectivity index (χ0n) is 11.9. The second-order valence-electron chi connectivity index (χ2n) is 5.02. The molecule has 0 aromatic heterocycles. The zero-order valence-corrected chi connectivity index (χ0v) is 11.9. The minimum absolute atomic E-state index is 0.170. The summed E-state index contributed by atoms with van der Waals surface area (Å²) in [6.07, 6.45) is 1.67. The van der Waals surface area contributed by atoms with E-state index < -0.39 is 0 Å². The first-order valence-corrected chi connectivity index (χ1v) is 6.74. The Morgan fingerprint density at radius 3 is 2.45 bits per heavy atom. The monoisotopic (exact) mass is 273 g/mol. The smallest absolute Gasteiger partial charge is 0.165 e. The zero-order chi connectivity index (χ0) is 14.5. The van der Waals surface area contributed by atoms with Gasteiger partial charge in [0.05, 0.1) is 7.11 Å². The van der Waals surface area contributed by atoms with E-state index in [2.05, 4.69) is 31.2 Å². The highest BCUT2D eigenvalue weighted by Gasteiger charge is 2.10. The molecule has 0 bridgehead atoms. The molecule has 2 nitrogen and oxygen atoms in total. The molecule has 0 heterocycles. The summed E-state index contributed by atoms with van der Waals surface area (Å²) in [7, 11) is 1.45. The fourth-order valence-electron chi connectivity index (χ4n) is 2.16. The van der Waals surface area contributed by atoms with E-state index in [1.807, 2.05) is 6.07 Å². The first-order chi connectivity index (χ1) is 9.60. The minimum Gasteiger partial charge on any atom is -0.494 e. The van der Waals surface area contributed by atoms with Gasteiger partial charge in [-0.05, 0) is 43.0 Å². The number of halogens is 1. The van der Waals surface area contributed by atoms with Crippen LogP contribution < -0.4 is 10.5 Å². The van der Waals surface area contributed by atoms with E-state index in [1.165, 1.54) is 24.3 Å². The highest BCUT2D eigenvalue weighted by atomic mass is 19.1. The van der Waals surface area contributed by atoms with Gasteiger partial charge in [0.1, 0.15) is 0 Å². The van der Waals surface area contributed by atoms with Gasteiger partial charge >= 0.3 is 0 Å². The van der Waals surface area contributed by atoms with Crippen LogP contribution in [0.25, 0.3) is 0 Å². The minimum atomic E-state index is -0.365. The fourth-order valence-corrected chi connectivity index (χ4v) is 2.16. The summed E-state index contributed by atoms with van der Waals surface area (Å²) < 4.78 is 18.5. The number of nitrogens with two attached hydrogens (primary N) is 1. The van der Waals surface area contributed by atoms with Gasteiger partial charge in [-0.1, -0.05) is 35.9 Å². The van der Waals surface area contributed by atoms with Crippen molar-refractivity contribution in [1.29, 1.82) is 0 Å². The Hall–Kier alpha value is -1.87. The van der Waals surface area contributed by atoms with Crippen LogP contribution in [0.4, 0.5) is 4.39 Å². The molecule has 0 aliphatic carbocycles. The number of hydrogen-bond donors (Lipinski definition) is 1. The summed E-state index contributed by atoms with van der Waals surface area (Å²) in [4.78, 5) is 0. The maximum absolute atomic E-state index is 13.6. The van der Waals surface area contributed by atoms with E-state index in [4.69, 9.17) is 10.5 Å². The van der Waals surface area contributed by atoms with Gasteiger partial charge in [-0.15, -0.1) is 0 Å². The highest BCUT2D eigenvalue weighted by Crippen LogP contribution is 2.23. The molecule has 3 heteroatoms. The molecule has 0 aliphatic heterocycles. The Balaban J connectivity index is 1.99. The van der Waals surface area contributed by atoms with Crippen molar-refractivity contribution in [2.24, 2.45) is 5.73 Å². The lowest BCUT2D eigenvalue weighted by atomic mass is 9.99. The molecule has 0 amide bonds. The van der Waals surface area contributed by atoms with Crippen molar-refractivity contribution in [3.05, 3.63) is 65.0 Å². The van der Waals surface area contributed by atoms with Crippen molar-refractivity contribution >= 4 is 0 Å². The van der Waals surface area contributed by atoms with Crippen molar-refractivity contribution in [2.45, 2.75) is 25.8 Å². The Bertz CT molecular complexity index is 566. The molecule has 0 saturated carbocycles. The quantitative estimate of drug-likeness (QED) is 0.900. The van der Waals surface area contributed by atoms with E-state index >= 15 is 0 Å². The average Bonchev–Trinajstić information content (AvgIpc) is 2.46. The Kier molecular flexibility index (Phi) is 4.74. The molecule has 1 atom stereocenters. The topological polar surface area (TPSA) is 35.2 Å². The molecule has 1 unspecified atom stereocenters. The van der Waals surface area contributed by atoms with Crippen LogP contribution >= 0.6 is 0 Å². The van der Waals surface area contributed by atoms with Gasteiger partial charge in [0.15, 0.2) is 11.6 Å². The average molecular weight is 273 g/mol. The first-order valence-electron chi connectivity index (χ1n) is 6.74. The molecule has 2 aromatic rings. The van der Waals surface area contributed by atoms with Crippen LogP contribution in [0.1, 0.15) is 29.2 Å². The van der Waals surface area contributed by atoms with Crippen LogP contribution in [0.15, 0.2) is 42.5 Å². The molecule has 0 radical (unpaired) electrons. The van der Waals surface area contributed by atoms with Crippen molar-refractivity contribution in [2.75, 3.05) is 7.11 Å². The van der Waals surface area contributed by atoms with Crippen molar-refractivity contribution in [1.82, 2.24) is 0 Å². The summed E-state index contributed by atoms with van der Waals surface area (Å²) in [6.45, 7) is 2.07. The number of aryl methyl sites for hydroxylation is 2. The standard InChI is InChI=1S/C17H20FNO/c1-12-3-5-13(6-4-12)7-9-16(19)14-8-10-17(20-2)15(18)11-14/h3-6,8,10-11,16H,7,9,19H2,1-2H3. The second kappa shape index (κ2) is 6.53. The van der Waals surface area contributed by atoms with Gasteiger partial charge in [0.25, 0.3) is 0 Å². The number of benzene rings is 2. The van der Waals surface area contributed by atoms with Gasteiger partial charge < -0.3 is 10.5 Å². The van der Waals surface area contributed by atoms with Gasteiger partial charge in [0.2, 0.25) is 0 Å². The molecule has 0 fully saturated rings. The van der Waals surface area contributed by atoms with E-state index in [-0.39, 0.29) is 17.6 Å². The molecular weight excluding hydrogens is 253 g/mol. The number of ether oxygens (including phenoxy) is 1. The summed E-state index contributed by atoms with van der Waals surface area (Å²) in [5.41, 5.74) is 9.42. The van der Waals surface area contributed by atoms with Crippen LogP contribution in [0.5, 0.6) is 5.75 Å². The number of rotatable bonds is 5. The number of methoxy groups -OCH3 is 1. The predicted octanol–water partition coefficient (Wildman–Crippen LogP) is 3.78. The third-order valence-electron chi connectivity index (χ3n) is 3.47. The Labute approximate surface area is 119 Å². The largest absolute Gasteiger partial charge is 0.494 e. The summed E-state index contributed by atoms with van der Waals surface area (Å²) in [5, 5.41) is 0. The molecule has 2 aromatic carbocycles. The number of hydrogen-bond acceptors (Lipinski definition) is 2. The van der Waals surface area contributed by atoms with Crippen LogP contribution in [0.3, 0.4) is 0 Å². The molecule has 20 heavy (non-hydrogen) atoms. The molecule has 2 N–H and O–H groups in total. The van der Waals surface area contributed by atoms with Crippen molar-refractivity contribution in [3.63, 3.8) is 0 Å². The normalized spacial score (nSPS) is 12.2. The summed E-state index contributed by atoms with van der Waals surface area (Å²) in [6, 6.07) is 13.1. The summed E-state index contributed by atoms with van der Waals surface area (Å²) >= 11 is 0. The predicted molar refractivity (Wildman–Crippen MR) is 79.4 cm³/mol. The maximum Gasteiger partial charge on any atom is 0.165 e. The highest BCUT2D eigenvalue weighted by molar-refractivity contribution is 5.31. The third kappa shape index (κ3) is 3.58. The fraction of sp³-hybridized carbons (Fsp3) is 0.294. The molecule has 0 saturated heterocycles. The van der Waals surface area contributed by atoms with Crippen LogP contribution in [-0.4, -0.2) is 7.11 Å². The molecule has 0 aliphatic rings. The Morgan fingerprint density at radius 1 is 1.15 bits per heavy atom. The lowest BCUT2D eigenvalue weighted by molar-refractivity contribution is 0.385. The van der Waals surface area contributed by atoms with E-state index in [1.54, 1.807) is 6.07 Å². The van der Waals surface area contributed by atoms with Crippen molar-refractivity contribution in [3.8, 4) is 5.75 Å². The van der Waals surface area contributed by atoms with Gasteiger partial charge in [0, 0.05) is 6.04 Å². The maximum atomic E-state index is 13.6. The van der Waals surface area contributed by atoms with Crippen LogP contribution in [0, 0.1) is 12.7 Å². The van der Waals surface area contributed by atoms with Gasteiger partial charge in [-0.2, -0.15) is 0 Å². The van der Waals surface area contributed by atoms with E-state index in [0.717, 1.165) is 18.4 Å². The molecular formula is C17H20FNO. The first kappa shape index (κ1) is 14.5. The van der Waals surface area contributed by atoms with E-state index in [9.17, 15) is 4.39 Å². The van der Waals surface area contributed by atoms with Crippen molar-refractivity contribution < 1.29 is 9.13 Å². The molecule has 0 spiro atoms. The molecule has 2 rings (SSSR count). The Morgan fingerprint density at radius 2 is 1.85 bits per heavy atom. The van der Waals surface area contributed by atoms with E-state index in [0.29, 0.717) is 0 Å². The van der Waals surface area contributed by atoms with Crippen LogP contribution in [0.2, 0.25) is 0 Å². The molecule has 106 valence electrons. The SMILES string of the molecule is COc1ccc(C(N)CCc2ccc(C)cc2)cc1F. The van der Waals surface area contributed by atoms with Gasteiger partial charge in [-0.3, -0.25) is 0 Å². The third-order valence-corrected chi connectivity index (χ3v) is 3.47. The lowest BCUT2D eigenvalue weighted by Crippen LogP contribution is -2.11. The lowest BCUT2D eigenvalue weighted by Gasteiger charge is -2.13. The summed E-state index contributed by atoms with van der Waals surface area (Å²) in [5.74, 6) is -0.115. The second-order valence-corrected chi connectivity index (χ2v) is 5.02. The van der Waals surface area contributed by atoms with Crippen LogP contribution in [-0.2, 0) is 6.42 Å². The van der Waals surface area contributed by atoms with Gasteiger partial charge in [-0.25, -0.2) is 4.39 Å².